The van der Waals surface area contributed by atoms with Crippen molar-refractivity contribution in [1.82, 2.24) is 9.55 Å². The number of nitrogens with zero attached hydrogens (tertiary/aromatic N) is 3. The van der Waals surface area contributed by atoms with Gasteiger partial charge in [-0.25, -0.2) is 8.96 Å². The molecule has 4 nitrogen and oxygen atoms in total. The zero-order valence-electron chi connectivity index (χ0n) is 21.9. The highest BCUT2D eigenvalue weighted by atomic mass is 19.1. The van der Waals surface area contributed by atoms with E-state index in [-0.39, 0.29) is 11.1 Å². The lowest BCUT2D eigenvalue weighted by Crippen LogP contribution is -2.29. The van der Waals surface area contributed by atoms with Gasteiger partial charge in [0, 0.05) is 22.6 Å². The molecule has 0 amide bonds. The summed E-state index contributed by atoms with van der Waals surface area (Å²) in [5, 5.41) is 0.723. The standard InChI is InChI=1S/C34H24F2N3O/c1-21-18-29-27(31-28(35)20-30(36)37-33(31)40-29)19-26(21)34-38(2)16-17-39(34)32-24(22-10-5-3-6-11-22)14-9-15-25(32)23-12-7-4-8-13-23/h3-20H,1-2H3/q+1. The maximum Gasteiger partial charge on any atom is 0.294 e. The number of pyridine rings is 1. The fraction of sp³-hybridized carbons (Fsp3) is 0.0588. The number of furan rings is 1. The SMILES string of the molecule is Cc1cc2oc3nc(F)cc(F)c3c2cc1-c1n(-c2c(-c3ccccc3)cccc2-c2ccccc2)cc[n+]1C. The Hall–Kier alpha value is -5.10. The lowest BCUT2D eigenvalue weighted by Gasteiger charge is -2.15. The van der Waals surface area contributed by atoms with Crippen LogP contribution in [0, 0.1) is 18.7 Å². The number of benzene rings is 4. The van der Waals surface area contributed by atoms with Crippen LogP contribution in [0.3, 0.4) is 0 Å². The fourth-order valence-corrected chi connectivity index (χ4v) is 5.57. The first-order valence-electron chi connectivity index (χ1n) is 13.0. The van der Waals surface area contributed by atoms with E-state index in [1.54, 1.807) is 0 Å². The van der Waals surface area contributed by atoms with Gasteiger partial charge in [-0.15, -0.1) is 0 Å². The number of halogens is 2. The van der Waals surface area contributed by atoms with Gasteiger partial charge in [0.15, 0.2) is 0 Å². The monoisotopic (exact) mass is 528 g/mol. The van der Waals surface area contributed by atoms with Crippen molar-refractivity contribution in [1.29, 1.82) is 0 Å². The molecule has 6 heteroatoms. The zero-order valence-corrected chi connectivity index (χ0v) is 21.9. The Morgan fingerprint density at radius 1 is 0.775 bits per heavy atom. The summed E-state index contributed by atoms with van der Waals surface area (Å²) in [5.74, 6) is -0.700. The van der Waals surface area contributed by atoms with Crippen LogP contribution in [0.2, 0.25) is 0 Å². The minimum atomic E-state index is -0.910. The molecule has 4 aromatic carbocycles. The van der Waals surface area contributed by atoms with E-state index in [0.717, 1.165) is 51.0 Å². The lowest BCUT2D eigenvalue weighted by molar-refractivity contribution is -0.659. The van der Waals surface area contributed by atoms with Crippen LogP contribution in [-0.4, -0.2) is 9.55 Å². The Balaban J connectivity index is 1.54. The Morgan fingerprint density at radius 3 is 2.08 bits per heavy atom. The summed E-state index contributed by atoms with van der Waals surface area (Å²) in [7, 11) is 1.99. The predicted octanol–water partition coefficient (Wildman–Crippen LogP) is 8.18. The van der Waals surface area contributed by atoms with Crippen molar-refractivity contribution in [3.8, 4) is 39.3 Å². The van der Waals surface area contributed by atoms with Crippen LogP contribution in [0.1, 0.15) is 5.56 Å². The molecule has 3 heterocycles. The molecule has 40 heavy (non-hydrogen) atoms. The molecule has 0 aliphatic carbocycles. The molecule has 0 N–H and O–H groups in total. The fourth-order valence-electron chi connectivity index (χ4n) is 5.57. The van der Waals surface area contributed by atoms with Crippen LogP contribution < -0.4 is 4.57 Å². The summed E-state index contributed by atoms with van der Waals surface area (Å²) in [6.45, 7) is 1.99. The van der Waals surface area contributed by atoms with Gasteiger partial charge >= 0.3 is 0 Å². The van der Waals surface area contributed by atoms with E-state index >= 15 is 0 Å². The molecule has 7 aromatic rings. The van der Waals surface area contributed by atoms with E-state index in [1.807, 2.05) is 68.7 Å². The smallest absolute Gasteiger partial charge is 0.294 e. The third-order valence-corrected chi connectivity index (χ3v) is 7.40. The molecule has 0 atom stereocenters. The van der Waals surface area contributed by atoms with E-state index in [1.165, 1.54) is 0 Å². The van der Waals surface area contributed by atoms with Crippen LogP contribution in [-0.2, 0) is 7.05 Å². The van der Waals surface area contributed by atoms with Crippen molar-refractivity contribution >= 4 is 22.1 Å². The second-order valence-corrected chi connectivity index (χ2v) is 9.91. The molecule has 0 saturated carbocycles. The van der Waals surface area contributed by atoms with Gasteiger partial charge in [0.25, 0.3) is 5.82 Å². The highest BCUT2D eigenvalue weighted by Gasteiger charge is 2.27. The van der Waals surface area contributed by atoms with Gasteiger partial charge < -0.3 is 4.42 Å². The second-order valence-electron chi connectivity index (χ2n) is 9.91. The van der Waals surface area contributed by atoms with Gasteiger partial charge in [0.2, 0.25) is 11.7 Å². The minimum Gasteiger partial charge on any atom is -0.437 e. The molecule has 0 aliphatic heterocycles. The number of aromatic nitrogens is 3. The summed E-state index contributed by atoms with van der Waals surface area (Å²) in [6, 6.07) is 31.6. The van der Waals surface area contributed by atoms with E-state index < -0.39 is 11.8 Å². The predicted molar refractivity (Wildman–Crippen MR) is 153 cm³/mol. The third kappa shape index (κ3) is 3.80. The normalized spacial score (nSPS) is 11.5. The Bertz CT molecular complexity index is 1990. The van der Waals surface area contributed by atoms with Gasteiger partial charge in [0.1, 0.15) is 29.5 Å². The quantitative estimate of drug-likeness (QED) is 0.171. The lowest BCUT2D eigenvalue weighted by atomic mass is 9.95. The molecule has 0 bridgehead atoms. The molecular formula is C34H24F2N3O+. The van der Waals surface area contributed by atoms with Crippen LogP contribution >= 0.6 is 0 Å². The molecular weight excluding hydrogens is 504 g/mol. The molecule has 0 spiro atoms. The van der Waals surface area contributed by atoms with Gasteiger partial charge in [-0.2, -0.15) is 13.9 Å². The number of para-hydroxylation sites is 1. The highest BCUT2D eigenvalue weighted by Crippen LogP contribution is 2.39. The van der Waals surface area contributed by atoms with Crippen LogP contribution in [0.5, 0.6) is 0 Å². The zero-order chi connectivity index (χ0) is 27.4. The maximum atomic E-state index is 14.9. The maximum absolute atomic E-state index is 14.9. The van der Waals surface area contributed by atoms with E-state index in [4.69, 9.17) is 4.42 Å². The second kappa shape index (κ2) is 9.27. The Kier molecular flexibility index (Phi) is 5.56. The molecule has 194 valence electrons. The van der Waals surface area contributed by atoms with Gasteiger partial charge in [-0.1, -0.05) is 78.9 Å². The average Bonchev–Trinajstić information content (AvgIpc) is 3.52. The molecule has 0 unspecified atom stereocenters. The minimum absolute atomic E-state index is 0.0513. The first kappa shape index (κ1) is 24.0. The van der Waals surface area contributed by atoms with Crippen LogP contribution in [0.15, 0.2) is 114 Å². The first-order valence-corrected chi connectivity index (χ1v) is 13.0. The van der Waals surface area contributed by atoms with Crippen molar-refractivity contribution in [2.45, 2.75) is 6.92 Å². The third-order valence-electron chi connectivity index (χ3n) is 7.40. The summed E-state index contributed by atoms with van der Waals surface area (Å²) < 4.78 is 38.8. The molecule has 0 radical (unpaired) electrons. The van der Waals surface area contributed by atoms with E-state index in [0.29, 0.717) is 11.0 Å². The molecule has 0 saturated heterocycles. The summed E-state index contributed by atoms with van der Waals surface area (Å²) in [6.07, 6.45) is 4.07. The van der Waals surface area contributed by atoms with Gasteiger partial charge in [0.05, 0.1) is 18.0 Å². The van der Waals surface area contributed by atoms with Crippen molar-refractivity contribution < 1.29 is 17.8 Å². The van der Waals surface area contributed by atoms with Crippen molar-refractivity contribution in [3.05, 3.63) is 127 Å². The van der Waals surface area contributed by atoms with E-state index in [9.17, 15) is 8.78 Å². The number of aryl methyl sites for hydroxylation is 2. The topological polar surface area (TPSA) is 34.8 Å². The van der Waals surface area contributed by atoms with Gasteiger partial charge in [-0.05, 0) is 35.7 Å². The first-order chi connectivity index (χ1) is 19.5. The molecule has 7 rings (SSSR count). The number of imidazole rings is 1. The average molecular weight is 529 g/mol. The number of fused-ring (bicyclic) bond motifs is 3. The van der Waals surface area contributed by atoms with Gasteiger partial charge in [-0.3, -0.25) is 0 Å². The molecule has 0 aliphatic rings. The molecule has 3 aromatic heterocycles. The molecule has 0 fully saturated rings. The van der Waals surface area contributed by atoms with Crippen LogP contribution in [0.4, 0.5) is 8.78 Å². The summed E-state index contributed by atoms with van der Waals surface area (Å²) >= 11 is 0. The summed E-state index contributed by atoms with van der Waals surface area (Å²) in [4.78, 5) is 3.79. The van der Waals surface area contributed by atoms with Crippen molar-refractivity contribution in [3.63, 3.8) is 0 Å². The highest BCUT2D eigenvalue weighted by molar-refractivity contribution is 6.05. The van der Waals surface area contributed by atoms with Crippen molar-refractivity contribution in [2.75, 3.05) is 0 Å². The van der Waals surface area contributed by atoms with E-state index in [2.05, 4.69) is 62.8 Å². The van der Waals surface area contributed by atoms with Crippen LogP contribution in [0.25, 0.3) is 61.4 Å². The number of hydrogen-bond donors (Lipinski definition) is 0. The summed E-state index contributed by atoms with van der Waals surface area (Å²) in [5.41, 5.74) is 7.63. The number of hydrogen-bond acceptors (Lipinski definition) is 2. The Morgan fingerprint density at radius 2 is 1.43 bits per heavy atom. The number of rotatable bonds is 4. The Labute approximate surface area is 229 Å². The largest absolute Gasteiger partial charge is 0.437 e. The van der Waals surface area contributed by atoms with Crippen molar-refractivity contribution in [2.24, 2.45) is 7.05 Å².